The van der Waals surface area contributed by atoms with Gasteiger partial charge in [-0.15, -0.1) is 11.8 Å². The molecular formula is C17H16N2O2S. The maximum atomic E-state index is 12.2. The smallest absolute Gasteiger partial charge is 0.265 e. The number of para-hydroxylation sites is 1. The number of hydrogen-bond donors (Lipinski definition) is 1. The quantitative estimate of drug-likeness (QED) is 0.855. The van der Waals surface area contributed by atoms with Gasteiger partial charge in [0.25, 0.3) is 5.91 Å². The first-order valence-corrected chi connectivity index (χ1v) is 7.97. The zero-order valence-electron chi connectivity index (χ0n) is 12.4. The van der Waals surface area contributed by atoms with Crippen molar-refractivity contribution in [1.82, 2.24) is 0 Å². The normalized spacial score (nSPS) is 11.3. The SMILES string of the molecule is CSc1ccccc1NC(=O)C(C)Oc1ccc(C#N)cc1. The first kappa shape index (κ1) is 15.9. The van der Waals surface area contributed by atoms with Crippen molar-refractivity contribution in [3.8, 4) is 11.8 Å². The maximum Gasteiger partial charge on any atom is 0.265 e. The van der Waals surface area contributed by atoms with Crippen molar-refractivity contribution in [1.29, 1.82) is 5.26 Å². The van der Waals surface area contributed by atoms with Gasteiger partial charge >= 0.3 is 0 Å². The lowest BCUT2D eigenvalue weighted by Crippen LogP contribution is -2.30. The molecule has 0 heterocycles. The molecule has 22 heavy (non-hydrogen) atoms. The average molecular weight is 312 g/mol. The summed E-state index contributed by atoms with van der Waals surface area (Å²) in [7, 11) is 0. The van der Waals surface area contributed by atoms with Crippen LogP contribution in [0.5, 0.6) is 5.75 Å². The van der Waals surface area contributed by atoms with Crippen LogP contribution in [0.2, 0.25) is 0 Å². The van der Waals surface area contributed by atoms with Crippen LogP contribution in [0, 0.1) is 11.3 Å². The first-order chi connectivity index (χ1) is 10.6. The summed E-state index contributed by atoms with van der Waals surface area (Å²) in [6, 6.07) is 16.3. The fraction of sp³-hybridized carbons (Fsp3) is 0.176. The number of thioether (sulfide) groups is 1. The van der Waals surface area contributed by atoms with E-state index >= 15 is 0 Å². The van der Waals surface area contributed by atoms with Crippen LogP contribution >= 0.6 is 11.8 Å². The summed E-state index contributed by atoms with van der Waals surface area (Å²) in [4.78, 5) is 13.2. The Bertz CT molecular complexity index is 693. The fourth-order valence-electron chi connectivity index (χ4n) is 1.85. The van der Waals surface area contributed by atoms with E-state index in [9.17, 15) is 4.79 Å². The van der Waals surface area contributed by atoms with Gasteiger partial charge in [0.15, 0.2) is 6.10 Å². The number of ether oxygens (including phenoxy) is 1. The Hall–Kier alpha value is -2.45. The molecule has 1 amide bonds. The molecule has 2 aromatic rings. The molecule has 0 aliphatic heterocycles. The molecule has 0 fully saturated rings. The van der Waals surface area contributed by atoms with Gasteiger partial charge in [-0.2, -0.15) is 5.26 Å². The van der Waals surface area contributed by atoms with E-state index < -0.39 is 6.10 Å². The zero-order valence-corrected chi connectivity index (χ0v) is 13.2. The van der Waals surface area contributed by atoms with E-state index in [-0.39, 0.29) is 5.91 Å². The molecule has 0 bridgehead atoms. The van der Waals surface area contributed by atoms with Crippen LogP contribution in [0.3, 0.4) is 0 Å². The number of nitrogens with one attached hydrogen (secondary N) is 1. The van der Waals surface area contributed by atoms with Crippen LogP contribution in [-0.2, 0) is 4.79 Å². The van der Waals surface area contributed by atoms with Crippen molar-refractivity contribution in [2.45, 2.75) is 17.9 Å². The number of anilines is 1. The predicted octanol–water partition coefficient (Wildman–Crippen LogP) is 3.69. The Morgan fingerprint density at radius 1 is 1.23 bits per heavy atom. The molecule has 5 heteroatoms. The molecule has 0 saturated heterocycles. The van der Waals surface area contributed by atoms with Crippen molar-refractivity contribution < 1.29 is 9.53 Å². The highest BCUT2D eigenvalue weighted by molar-refractivity contribution is 7.98. The minimum atomic E-state index is -0.636. The number of rotatable bonds is 5. The largest absolute Gasteiger partial charge is 0.481 e. The van der Waals surface area contributed by atoms with Gasteiger partial charge in [0.1, 0.15) is 5.75 Å². The molecule has 1 N–H and O–H groups in total. The molecule has 112 valence electrons. The monoisotopic (exact) mass is 312 g/mol. The van der Waals surface area contributed by atoms with Gasteiger partial charge in [0, 0.05) is 4.90 Å². The number of hydrogen-bond acceptors (Lipinski definition) is 4. The number of carbonyl (C=O) groups excluding carboxylic acids is 1. The topological polar surface area (TPSA) is 62.1 Å². The Kier molecular flexibility index (Phi) is 5.45. The molecular weight excluding hydrogens is 296 g/mol. The fourth-order valence-corrected chi connectivity index (χ4v) is 2.40. The molecule has 0 radical (unpaired) electrons. The molecule has 1 unspecified atom stereocenters. The zero-order chi connectivity index (χ0) is 15.9. The van der Waals surface area contributed by atoms with Crippen LogP contribution < -0.4 is 10.1 Å². The molecule has 4 nitrogen and oxygen atoms in total. The van der Waals surface area contributed by atoms with E-state index in [2.05, 4.69) is 5.32 Å². The number of amides is 1. The maximum absolute atomic E-state index is 12.2. The molecule has 0 aliphatic carbocycles. The van der Waals surface area contributed by atoms with Crippen molar-refractivity contribution in [2.24, 2.45) is 0 Å². The standard InChI is InChI=1S/C17H16N2O2S/c1-12(21-14-9-7-13(11-18)8-10-14)17(20)19-15-5-3-4-6-16(15)22-2/h3-10,12H,1-2H3,(H,19,20). The van der Waals surface area contributed by atoms with E-state index in [0.29, 0.717) is 11.3 Å². The van der Waals surface area contributed by atoms with Gasteiger partial charge in [-0.1, -0.05) is 12.1 Å². The molecule has 2 aromatic carbocycles. The van der Waals surface area contributed by atoms with E-state index in [1.165, 1.54) is 0 Å². The molecule has 2 rings (SSSR count). The molecule has 0 aromatic heterocycles. The van der Waals surface area contributed by atoms with Gasteiger partial charge in [0.05, 0.1) is 17.3 Å². The summed E-state index contributed by atoms with van der Waals surface area (Å²) >= 11 is 1.57. The van der Waals surface area contributed by atoms with Crippen molar-refractivity contribution >= 4 is 23.4 Å². The second kappa shape index (κ2) is 7.53. The predicted molar refractivity (Wildman–Crippen MR) is 88.1 cm³/mol. The third kappa shape index (κ3) is 4.03. The number of nitrogens with zero attached hydrogens (tertiary/aromatic N) is 1. The number of nitriles is 1. The van der Waals surface area contributed by atoms with Gasteiger partial charge in [0.2, 0.25) is 0 Å². The lowest BCUT2D eigenvalue weighted by atomic mass is 10.2. The highest BCUT2D eigenvalue weighted by Gasteiger charge is 2.16. The Balaban J connectivity index is 2.01. The summed E-state index contributed by atoms with van der Waals surface area (Å²) in [5.74, 6) is 0.339. The Labute approximate surface area is 134 Å². The second-order valence-corrected chi connectivity index (χ2v) is 5.43. The summed E-state index contributed by atoms with van der Waals surface area (Å²) < 4.78 is 5.59. The van der Waals surface area contributed by atoms with Crippen LogP contribution in [0.4, 0.5) is 5.69 Å². The van der Waals surface area contributed by atoms with Crippen LogP contribution in [0.25, 0.3) is 0 Å². The Morgan fingerprint density at radius 3 is 2.55 bits per heavy atom. The van der Waals surface area contributed by atoms with Crippen LogP contribution in [0.15, 0.2) is 53.4 Å². The van der Waals surface area contributed by atoms with Crippen LogP contribution in [0.1, 0.15) is 12.5 Å². The summed E-state index contributed by atoms with van der Waals surface area (Å²) in [5.41, 5.74) is 1.33. The molecule has 0 spiro atoms. The Morgan fingerprint density at radius 2 is 1.91 bits per heavy atom. The van der Waals surface area contributed by atoms with Crippen molar-refractivity contribution in [3.63, 3.8) is 0 Å². The molecule has 0 aliphatic rings. The van der Waals surface area contributed by atoms with E-state index in [4.69, 9.17) is 10.00 Å². The minimum absolute atomic E-state index is 0.217. The van der Waals surface area contributed by atoms with E-state index in [1.807, 2.05) is 36.6 Å². The average Bonchev–Trinajstić information content (AvgIpc) is 2.56. The van der Waals surface area contributed by atoms with Crippen molar-refractivity contribution in [2.75, 3.05) is 11.6 Å². The summed E-state index contributed by atoms with van der Waals surface area (Å²) in [6.07, 6.45) is 1.32. The second-order valence-electron chi connectivity index (χ2n) is 4.59. The van der Waals surface area contributed by atoms with E-state index in [0.717, 1.165) is 10.6 Å². The van der Waals surface area contributed by atoms with E-state index in [1.54, 1.807) is 43.0 Å². The van der Waals surface area contributed by atoms with Gasteiger partial charge in [-0.3, -0.25) is 4.79 Å². The highest BCUT2D eigenvalue weighted by Crippen LogP contribution is 2.25. The number of benzene rings is 2. The van der Waals surface area contributed by atoms with Crippen molar-refractivity contribution in [3.05, 3.63) is 54.1 Å². The lowest BCUT2D eigenvalue weighted by Gasteiger charge is -2.16. The third-order valence-corrected chi connectivity index (χ3v) is 3.83. The lowest BCUT2D eigenvalue weighted by molar-refractivity contribution is -0.122. The molecule has 1 atom stereocenters. The van der Waals surface area contributed by atoms with Crippen LogP contribution in [-0.4, -0.2) is 18.3 Å². The summed E-state index contributed by atoms with van der Waals surface area (Å²) in [5, 5.41) is 11.6. The minimum Gasteiger partial charge on any atom is -0.481 e. The van der Waals surface area contributed by atoms with Gasteiger partial charge in [-0.25, -0.2) is 0 Å². The number of carbonyl (C=O) groups is 1. The highest BCUT2D eigenvalue weighted by atomic mass is 32.2. The van der Waals surface area contributed by atoms with Gasteiger partial charge in [-0.05, 0) is 49.6 Å². The summed E-state index contributed by atoms with van der Waals surface area (Å²) in [6.45, 7) is 1.69. The molecule has 0 saturated carbocycles. The van der Waals surface area contributed by atoms with Gasteiger partial charge < -0.3 is 10.1 Å². The first-order valence-electron chi connectivity index (χ1n) is 6.74. The third-order valence-electron chi connectivity index (χ3n) is 3.03.